The number of aromatic nitrogens is 3. The first-order valence-corrected chi connectivity index (χ1v) is 21.1. The van der Waals surface area contributed by atoms with Crippen molar-refractivity contribution in [3.05, 3.63) is 120 Å². The van der Waals surface area contributed by atoms with E-state index < -0.39 is 75.8 Å². The molecule has 0 aliphatic heterocycles. The fourth-order valence-electron chi connectivity index (χ4n) is 5.12. The number of hydrogen-bond acceptors (Lipinski definition) is 17. The van der Waals surface area contributed by atoms with Crippen LogP contribution in [-0.4, -0.2) is 80.4 Å². The SMILES string of the molecule is C=CS(=O)(=O)c1cccc(N(CC)c2nc(F)nc(Nc3cc(S(=O)(=O)OC)cc(NN=C(N=Nc4cc(CS(=O)(=O)O)ccc4C(=O)O)c4ccccc4)c3O)n2)c1. The Labute approximate surface area is 336 Å². The molecule has 0 aliphatic rings. The van der Waals surface area contributed by atoms with Crippen LogP contribution in [0.25, 0.3) is 0 Å². The molecule has 1 aromatic heterocycles. The number of anilines is 5. The molecule has 0 aliphatic carbocycles. The van der Waals surface area contributed by atoms with Crippen molar-refractivity contribution in [1.29, 1.82) is 0 Å². The van der Waals surface area contributed by atoms with E-state index in [-0.39, 0.29) is 51.3 Å². The third kappa shape index (κ3) is 10.8. The van der Waals surface area contributed by atoms with Crippen LogP contribution in [0.1, 0.15) is 28.4 Å². The molecule has 5 N–H and O–H groups in total. The number of aromatic carboxylic acids is 1. The van der Waals surface area contributed by atoms with E-state index in [1.54, 1.807) is 25.1 Å². The zero-order valence-corrected chi connectivity index (χ0v) is 33.1. The van der Waals surface area contributed by atoms with Gasteiger partial charge in [-0.25, -0.2) is 13.2 Å². The normalized spacial score (nSPS) is 12.3. The number of carboxylic acid groups (broad SMARTS) is 1. The summed E-state index contributed by atoms with van der Waals surface area (Å²) in [4.78, 5) is 24.2. The number of phenolic OH excluding ortho intramolecular Hbond substituents is 1. The molecule has 0 amide bonds. The molecule has 0 saturated heterocycles. The minimum absolute atomic E-state index is 0.00958. The number of azo groups is 1. The lowest BCUT2D eigenvalue weighted by atomic mass is 10.1. The average molecular weight is 870 g/mol. The summed E-state index contributed by atoms with van der Waals surface area (Å²) >= 11 is 0. The lowest BCUT2D eigenvalue weighted by Crippen LogP contribution is -2.21. The third-order valence-electron chi connectivity index (χ3n) is 7.88. The first kappa shape index (κ1) is 43.4. The van der Waals surface area contributed by atoms with Gasteiger partial charge in [0.25, 0.3) is 20.2 Å². The Bertz CT molecular complexity index is 2830. The molecule has 4 aromatic carbocycles. The van der Waals surface area contributed by atoms with Crippen LogP contribution in [0.3, 0.4) is 0 Å². The molecule has 24 heteroatoms. The van der Waals surface area contributed by atoms with E-state index in [1.165, 1.54) is 47.4 Å². The number of nitrogens with one attached hydrogen (secondary N) is 2. The van der Waals surface area contributed by atoms with Crippen LogP contribution in [0.4, 0.5) is 39.0 Å². The molecule has 0 saturated carbocycles. The molecule has 20 nitrogen and oxygen atoms in total. The van der Waals surface area contributed by atoms with E-state index in [1.807, 2.05) is 0 Å². The molecule has 0 bridgehead atoms. The van der Waals surface area contributed by atoms with Crippen molar-refractivity contribution >= 4 is 76.5 Å². The number of hydrazone groups is 1. The van der Waals surface area contributed by atoms with Crippen LogP contribution in [0.5, 0.6) is 5.75 Å². The highest BCUT2D eigenvalue weighted by molar-refractivity contribution is 7.94. The highest BCUT2D eigenvalue weighted by Crippen LogP contribution is 2.38. The molecular formula is C35H32FN9O11S3. The van der Waals surface area contributed by atoms with Gasteiger partial charge in [0.15, 0.2) is 15.6 Å². The lowest BCUT2D eigenvalue weighted by molar-refractivity contribution is 0.0697. The third-order valence-corrected chi connectivity index (χ3v) is 11.2. The largest absolute Gasteiger partial charge is 0.504 e. The van der Waals surface area contributed by atoms with Crippen molar-refractivity contribution in [3.8, 4) is 5.75 Å². The van der Waals surface area contributed by atoms with E-state index in [2.05, 4.69) is 51.8 Å². The standard InChI is InChI=1S/C35H32FN9O11S3/c1-4-45(23-12-9-13-24(17-23)57(49,50)5-2)35-39-33(36)38-34(40-35)37-28-18-25(59(54,55)56-3)19-29(30(28)46)42-44-31(22-10-7-6-8-11-22)43-41-27-16-21(20-58(51,52)53)14-15-26(27)32(47)48/h5-19,42,46H,2,4,20H2,1,3H3,(H,47,48)(H,51,52,53)(H,37,38,39,40). The van der Waals surface area contributed by atoms with Crippen LogP contribution >= 0.6 is 0 Å². The molecule has 0 atom stereocenters. The predicted octanol–water partition coefficient (Wildman–Crippen LogP) is 5.51. The van der Waals surface area contributed by atoms with Crippen LogP contribution in [-0.2, 0) is 40.0 Å². The summed E-state index contributed by atoms with van der Waals surface area (Å²) in [6, 6.07) is 18.7. The van der Waals surface area contributed by atoms with Crippen molar-refractivity contribution < 1.29 is 53.4 Å². The maximum atomic E-state index is 15.0. The van der Waals surface area contributed by atoms with Gasteiger partial charge < -0.3 is 20.4 Å². The van der Waals surface area contributed by atoms with Crippen LogP contribution in [0, 0.1) is 6.08 Å². The van der Waals surface area contributed by atoms with Gasteiger partial charge in [-0.1, -0.05) is 49.0 Å². The second-order valence-corrected chi connectivity index (χ2v) is 16.9. The summed E-state index contributed by atoms with van der Waals surface area (Å²) in [5.74, 6) is -4.08. The second-order valence-electron chi connectivity index (χ2n) is 11.8. The topological polar surface area (TPSA) is 292 Å². The molecule has 0 fully saturated rings. The molecule has 1 heterocycles. The fourth-order valence-corrected chi connectivity index (χ4v) is 7.18. The second kappa shape index (κ2) is 17.8. The Balaban J connectivity index is 1.57. The number of amidine groups is 1. The van der Waals surface area contributed by atoms with Crippen LogP contribution in [0.15, 0.2) is 122 Å². The molecular weight excluding hydrogens is 838 g/mol. The molecule has 59 heavy (non-hydrogen) atoms. The lowest BCUT2D eigenvalue weighted by Gasteiger charge is -2.22. The van der Waals surface area contributed by atoms with E-state index in [0.29, 0.717) is 0 Å². The van der Waals surface area contributed by atoms with E-state index in [4.69, 9.17) is 0 Å². The highest BCUT2D eigenvalue weighted by atomic mass is 32.2. The van der Waals surface area contributed by atoms with Gasteiger partial charge in [-0.05, 0) is 55.0 Å². The number of aromatic hydroxyl groups is 1. The summed E-state index contributed by atoms with van der Waals surface area (Å²) in [7, 11) is -12.0. The quantitative estimate of drug-likeness (QED) is 0.0155. The van der Waals surface area contributed by atoms with Gasteiger partial charge in [0, 0.05) is 23.2 Å². The van der Waals surface area contributed by atoms with Crippen molar-refractivity contribution in [2.45, 2.75) is 22.5 Å². The Kier molecular flexibility index (Phi) is 13.1. The fraction of sp³-hybridized carbons (Fsp3) is 0.114. The summed E-state index contributed by atoms with van der Waals surface area (Å²) in [6.07, 6.45) is -1.30. The molecule has 308 valence electrons. The summed E-state index contributed by atoms with van der Waals surface area (Å²) in [5.41, 5.74) is 1.49. The number of hydrogen-bond donors (Lipinski definition) is 5. The van der Waals surface area contributed by atoms with Gasteiger partial charge >= 0.3 is 12.0 Å². The van der Waals surface area contributed by atoms with E-state index in [9.17, 15) is 49.2 Å². The molecule has 5 rings (SSSR count). The number of benzene rings is 4. The zero-order valence-electron chi connectivity index (χ0n) is 30.6. The van der Waals surface area contributed by atoms with Crippen LogP contribution in [0.2, 0.25) is 0 Å². The van der Waals surface area contributed by atoms with Gasteiger partial charge in [0.2, 0.25) is 17.7 Å². The zero-order chi connectivity index (χ0) is 43.1. The van der Waals surface area contributed by atoms with Gasteiger partial charge in [-0.15, -0.1) is 10.2 Å². The number of carboxylic acids is 1. The molecule has 0 spiro atoms. The Morgan fingerprint density at radius 3 is 2.29 bits per heavy atom. The first-order chi connectivity index (χ1) is 27.8. The maximum absolute atomic E-state index is 15.0. The van der Waals surface area contributed by atoms with Crippen LogP contribution < -0.4 is 15.6 Å². The number of sulfone groups is 1. The highest BCUT2D eigenvalue weighted by Gasteiger charge is 2.23. The number of phenols is 1. The summed E-state index contributed by atoms with van der Waals surface area (Å²) in [5, 5.41) is 36.6. The maximum Gasteiger partial charge on any atom is 0.337 e. The Morgan fingerprint density at radius 2 is 1.64 bits per heavy atom. The average Bonchev–Trinajstić information content (AvgIpc) is 3.19. The minimum atomic E-state index is -4.50. The molecule has 0 radical (unpaired) electrons. The first-order valence-electron chi connectivity index (χ1n) is 16.6. The van der Waals surface area contributed by atoms with Gasteiger partial charge in [-0.3, -0.25) is 14.2 Å². The molecule has 5 aromatic rings. The van der Waals surface area contributed by atoms with Crippen molar-refractivity contribution in [2.24, 2.45) is 15.3 Å². The van der Waals surface area contributed by atoms with Crippen molar-refractivity contribution in [1.82, 2.24) is 15.0 Å². The summed E-state index contributed by atoms with van der Waals surface area (Å²) in [6.45, 7) is 5.08. The Hall–Kier alpha value is -6.73. The number of rotatable bonds is 16. The number of carbonyl (C=O) groups is 1. The predicted molar refractivity (Wildman–Crippen MR) is 212 cm³/mol. The smallest absolute Gasteiger partial charge is 0.337 e. The molecule has 0 unspecified atom stereocenters. The van der Waals surface area contributed by atoms with E-state index >= 15 is 0 Å². The van der Waals surface area contributed by atoms with Gasteiger partial charge in [-0.2, -0.15) is 41.3 Å². The Morgan fingerprint density at radius 1 is 0.932 bits per heavy atom. The van der Waals surface area contributed by atoms with Gasteiger partial charge in [0.05, 0.1) is 28.2 Å². The van der Waals surface area contributed by atoms with Crippen molar-refractivity contribution in [2.75, 3.05) is 29.3 Å². The summed E-state index contributed by atoms with van der Waals surface area (Å²) < 4.78 is 103. The minimum Gasteiger partial charge on any atom is -0.504 e. The van der Waals surface area contributed by atoms with Gasteiger partial charge in [0.1, 0.15) is 17.1 Å². The number of halogens is 1. The van der Waals surface area contributed by atoms with E-state index in [0.717, 1.165) is 36.8 Å². The number of nitrogens with zero attached hydrogens (tertiary/aromatic N) is 7. The van der Waals surface area contributed by atoms with Crippen molar-refractivity contribution in [3.63, 3.8) is 0 Å². The monoisotopic (exact) mass is 869 g/mol.